The normalized spacial score (nSPS) is 5.54. The van der Waals surface area contributed by atoms with E-state index in [1.807, 2.05) is 27.7 Å². The van der Waals surface area contributed by atoms with Crippen LogP contribution in [0.4, 0.5) is 0 Å². The van der Waals surface area contributed by atoms with Gasteiger partial charge in [0.05, 0.1) is 0 Å². The van der Waals surface area contributed by atoms with E-state index in [1.165, 1.54) is 0 Å². The maximum Gasteiger partial charge on any atom is 4.00 e. The number of hydrogen-bond donors (Lipinski definition) is 0. The minimum atomic E-state index is 0. The van der Waals surface area contributed by atoms with E-state index in [0.717, 1.165) is 25.7 Å². The molecule has 0 aromatic rings. The molecule has 0 aromatic heterocycles. The molecule has 1 heteroatoms. The molecule has 0 nitrogen and oxygen atoms in total. The van der Waals surface area contributed by atoms with E-state index in [0.29, 0.717) is 0 Å². The molecule has 0 N–H and O–H groups in total. The molecule has 0 rings (SSSR count). The summed E-state index contributed by atoms with van der Waals surface area (Å²) in [5.41, 5.74) is 0. The van der Waals surface area contributed by atoms with Crippen molar-refractivity contribution in [1.29, 1.82) is 0 Å². The molecule has 0 unspecified atom stereocenters. The maximum atomic E-state index is 3.49. The quantitative estimate of drug-likeness (QED) is 0.429. The predicted molar refractivity (Wildman–Crippen MR) is 62.6 cm³/mol. The van der Waals surface area contributed by atoms with Gasteiger partial charge in [-0.3, -0.25) is 0 Å². The minimum Gasteiger partial charge on any atom is -0.344 e. The first kappa shape index (κ1) is 29.2. The van der Waals surface area contributed by atoms with Crippen LogP contribution in [-0.2, 0) is 25.8 Å². The largest absolute Gasteiger partial charge is 4.00 e. The molecule has 0 saturated heterocycles. The van der Waals surface area contributed by atoms with Crippen molar-refractivity contribution in [1.82, 2.24) is 0 Å². The molecule has 0 spiro atoms. The molecule has 13 heavy (non-hydrogen) atoms. The molecule has 0 heterocycles. The average Bonchev–Trinajstić information content (AvgIpc) is 1.92. The summed E-state index contributed by atoms with van der Waals surface area (Å²) < 4.78 is 0. The van der Waals surface area contributed by atoms with Gasteiger partial charge in [0.2, 0.25) is 0 Å². The molecule has 0 aliphatic rings. The molecule has 0 amide bonds. The molecule has 0 aromatic carbocycles. The molecule has 80 valence electrons. The summed E-state index contributed by atoms with van der Waals surface area (Å²) >= 11 is 0. The Kier molecular flexibility index (Phi) is 172. The van der Waals surface area contributed by atoms with Gasteiger partial charge in [-0.1, -0.05) is 27.7 Å². The molecular formula is C12H28Hf. The molecule has 0 atom stereocenters. The molecule has 0 radical (unpaired) electrons. The Hall–Kier alpha value is 0.870. The predicted octanol–water partition coefficient (Wildman–Crippen LogP) is 4.92. The summed E-state index contributed by atoms with van der Waals surface area (Å²) in [5.74, 6) is 0. The van der Waals surface area contributed by atoms with Crippen LogP contribution < -0.4 is 0 Å². The van der Waals surface area contributed by atoms with Gasteiger partial charge in [-0.2, -0.15) is 25.7 Å². The Labute approximate surface area is 107 Å². The Morgan fingerprint density at radius 1 is 0.538 bits per heavy atom. The smallest absolute Gasteiger partial charge is 0.344 e. The Morgan fingerprint density at radius 2 is 0.538 bits per heavy atom. The molecule has 0 fully saturated rings. The van der Waals surface area contributed by atoms with E-state index in [9.17, 15) is 0 Å². The van der Waals surface area contributed by atoms with Crippen LogP contribution in [0, 0.1) is 27.7 Å². The van der Waals surface area contributed by atoms with E-state index >= 15 is 0 Å². The SMILES string of the molecule is [CH2-]CC.[CH2-]CC.[CH2-]CC.[CH2-]CC.[Hf+4]. The van der Waals surface area contributed by atoms with Gasteiger partial charge in [0, 0.05) is 0 Å². The molecule has 0 bridgehead atoms. The van der Waals surface area contributed by atoms with Crippen molar-refractivity contribution in [2.75, 3.05) is 0 Å². The van der Waals surface area contributed by atoms with Crippen molar-refractivity contribution in [3.05, 3.63) is 27.7 Å². The van der Waals surface area contributed by atoms with Crippen molar-refractivity contribution >= 4 is 0 Å². The van der Waals surface area contributed by atoms with Crippen molar-refractivity contribution < 1.29 is 25.8 Å². The van der Waals surface area contributed by atoms with Gasteiger partial charge in [0.15, 0.2) is 0 Å². The minimum absolute atomic E-state index is 0. The fraction of sp³-hybridized carbons (Fsp3) is 0.667. The van der Waals surface area contributed by atoms with Crippen LogP contribution in [0.3, 0.4) is 0 Å². The number of rotatable bonds is 0. The summed E-state index contributed by atoms with van der Waals surface area (Å²) in [5, 5.41) is 0. The molecule has 0 aliphatic heterocycles. The van der Waals surface area contributed by atoms with Gasteiger partial charge < -0.3 is 27.7 Å². The first-order valence-corrected chi connectivity index (χ1v) is 4.83. The van der Waals surface area contributed by atoms with Gasteiger partial charge in [-0.15, -0.1) is 0 Å². The van der Waals surface area contributed by atoms with Crippen LogP contribution in [0.2, 0.25) is 0 Å². The summed E-state index contributed by atoms with van der Waals surface area (Å²) in [6.07, 6.45) is 4.00. The molecular weight excluding hydrogens is 323 g/mol. The summed E-state index contributed by atoms with van der Waals surface area (Å²) in [6, 6.07) is 0. The van der Waals surface area contributed by atoms with Crippen LogP contribution in [0.1, 0.15) is 53.4 Å². The van der Waals surface area contributed by atoms with Crippen molar-refractivity contribution in [3.8, 4) is 0 Å². The van der Waals surface area contributed by atoms with Gasteiger partial charge in [-0.05, 0) is 0 Å². The van der Waals surface area contributed by atoms with Crippen LogP contribution in [-0.4, -0.2) is 0 Å². The fourth-order valence-electron chi connectivity index (χ4n) is 0. The van der Waals surface area contributed by atoms with Gasteiger partial charge in [0.1, 0.15) is 0 Å². The second-order valence-corrected chi connectivity index (χ2v) is 2.00. The topological polar surface area (TPSA) is 0 Å². The summed E-state index contributed by atoms with van der Waals surface area (Å²) in [7, 11) is 0. The van der Waals surface area contributed by atoms with Crippen molar-refractivity contribution in [3.63, 3.8) is 0 Å². The third-order valence-electron chi connectivity index (χ3n) is 0. The third-order valence-corrected chi connectivity index (χ3v) is 0. The standard InChI is InChI=1S/4C3H7.Hf/c4*1-3-2;/h4*1,3H2,2H3;/q4*-1;+4. The van der Waals surface area contributed by atoms with Gasteiger partial charge >= 0.3 is 25.8 Å². The summed E-state index contributed by atoms with van der Waals surface area (Å²) in [4.78, 5) is 0. The van der Waals surface area contributed by atoms with Crippen LogP contribution in [0.25, 0.3) is 0 Å². The van der Waals surface area contributed by atoms with Gasteiger partial charge in [0.25, 0.3) is 0 Å². The van der Waals surface area contributed by atoms with Crippen LogP contribution in [0.5, 0.6) is 0 Å². The Bertz CT molecular complexity index is 13.1. The molecule has 0 aliphatic carbocycles. The molecule has 0 saturated carbocycles. The zero-order valence-electron chi connectivity index (χ0n) is 10.2. The Balaban J connectivity index is -0.0000000213. The van der Waals surface area contributed by atoms with E-state index in [-0.39, 0.29) is 25.8 Å². The van der Waals surface area contributed by atoms with E-state index in [4.69, 9.17) is 0 Å². The van der Waals surface area contributed by atoms with Crippen molar-refractivity contribution in [2.24, 2.45) is 0 Å². The first-order chi connectivity index (χ1) is 5.66. The van der Waals surface area contributed by atoms with Crippen molar-refractivity contribution in [2.45, 2.75) is 53.4 Å². The summed E-state index contributed by atoms with van der Waals surface area (Å²) in [6.45, 7) is 22.0. The first-order valence-electron chi connectivity index (χ1n) is 4.83. The zero-order chi connectivity index (χ0) is 10.8. The van der Waals surface area contributed by atoms with Crippen LogP contribution >= 0.6 is 0 Å². The Morgan fingerprint density at radius 3 is 0.538 bits per heavy atom. The number of hydrogen-bond acceptors (Lipinski definition) is 0. The van der Waals surface area contributed by atoms with E-state index in [1.54, 1.807) is 0 Å². The fourth-order valence-corrected chi connectivity index (χ4v) is 0. The van der Waals surface area contributed by atoms with Crippen LogP contribution in [0.15, 0.2) is 0 Å². The second kappa shape index (κ2) is 76.5. The third kappa shape index (κ3) is 2010. The van der Waals surface area contributed by atoms with Gasteiger partial charge in [-0.25, -0.2) is 0 Å². The average molecular weight is 351 g/mol. The zero-order valence-corrected chi connectivity index (χ0v) is 13.7. The monoisotopic (exact) mass is 352 g/mol. The maximum absolute atomic E-state index is 3.49. The van der Waals surface area contributed by atoms with E-state index < -0.39 is 0 Å². The van der Waals surface area contributed by atoms with E-state index in [2.05, 4.69) is 27.7 Å². The second-order valence-electron chi connectivity index (χ2n) is 2.00.